The summed E-state index contributed by atoms with van der Waals surface area (Å²) in [6.07, 6.45) is 1.73. The van der Waals surface area contributed by atoms with Gasteiger partial charge >= 0.3 is 0 Å². The van der Waals surface area contributed by atoms with Crippen molar-refractivity contribution in [2.24, 2.45) is 0 Å². The van der Waals surface area contributed by atoms with E-state index in [1.54, 1.807) is 36.5 Å². The molecule has 17 heavy (non-hydrogen) atoms. The second kappa shape index (κ2) is 4.95. The Bertz CT molecular complexity index is 591. The molecule has 0 radical (unpaired) electrons. The second-order valence-electron chi connectivity index (χ2n) is 3.50. The molecule has 0 aliphatic carbocycles. The van der Waals surface area contributed by atoms with Crippen LogP contribution in [0.15, 0.2) is 41.4 Å². The molecule has 0 atom stereocenters. The van der Waals surface area contributed by atoms with Crippen LogP contribution >= 0.6 is 11.3 Å². The molecule has 90 valence electrons. The molecule has 0 aliphatic rings. The van der Waals surface area contributed by atoms with E-state index in [2.05, 4.69) is 9.71 Å². The SMILES string of the molecule is Cc1cnc(CNS(=O)(=O)c2ccccc2)s1. The lowest BCUT2D eigenvalue weighted by Gasteiger charge is -2.04. The van der Waals surface area contributed by atoms with E-state index in [1.165, 1.54) is 11.3 Å². The lowest BCUT2D eigenvalue weighted by molar-refractivity contribution is 0.581. The highest BCUT2D eigenvalue weighted by molar-refractivity contribution is 7.89. The van der Waals surface area contributed by atoms with Crippen molar-refractivity contribution in [1.82, 2.24) is 9.71 Å². The molecule has 1 aromatic carbocycles. The van der Waals surface area contributed by atoms with Crippen molar-refractivity contribution in [2.75, 3.05) is 0 Å². The molecule has 0 fully saturated rings. The van der Waals surface area contributed by atoms with Crippen LogP contribution in [0.4, 0.5) is 0 Å². The van der Waals surface area contributed by atoms with Crippen molar-refractivity contribution in [3.63, 3.8) is 0 Å². The Morgan fingerprint density at radius 3 is 2.59 bits per heavy atom. The normalized spacial score (nSPS) is 11.6. The van der Waals surface area contributed by atoms with Gasteiger partial charge in [-0.05, 0) is 19.1 Å². The summed E-state index contributed by atoms with van der Waals surface area (Å²) in [6.45, 7) is 2.17. The van der Waals surface area contributed by atoms with Gasteiger partial charge < -0.3 is 0 Å². The molecule has 1 heterocycles. The number of nitrogens with one attached hydrogen (secondary N) is 1. The number of sulfonamides is 1. The molecule has 0 saturated carbocycles. The van der Waals surface area contributed by atoms with E-state index < -0.39 is 10.0 Å². The van der Waals surface area contributed by atoms with Gasteiger partial charge in [0.2, 0.25) is 10.0 Å². The maximum Gasteiger partial charge on any atom is 0.240 e. The standard InChI is InChI=1S/C11H12N2O2S2/c1-9-7-12-11(16-9)8-13-17(14,15)10-5-3-2-4-6-10/h2-7,13H,8H2,1H3. The molecule has 0 amide bonds. The van der Waals surface area contributed by atoms with Crippen molar-refractivity contribution in [1.29, 1.82) is 0 Å². The Kier molecular flexibility index (Phi) is 3.56. The molecule has 0 bridgehead atoms. The summed E-state index contributed by atoms with van der Waals surface area (Å²) < 4.78 is 26.3. The summed E-state index contributed by atoms with van der Waals surface area (Å²) in [4.78, 5) is 5.44. The first-order valence-electron chi connectivity index (χ1n) is 5.04. The fourth-order valence-corrected chi connectivity index (χ4v) is 3.15. The lowest BCUT2D eigenvalue weighted by Crippen LogP contribution is -2.23. The van der Waals surface area contributed by atoms with Crippen molar-refractivity contribution in [3.05, 3.63) is 46.4 Å². The molecule has 1 N–H and O–H groups in total. The van der Waals surface area contributed by atoms with Gasteiger partial charge in [0.1, 0.15) is 5.01 Å². The summed E-state index contributed by atoms with van der Waals surface area (Å²) in [5.41, 5.74) is 0. The van der Waals surface area contributed by atoms with E-state index in [-0.39, 0.29) is 11.4 Å². The molecular weight excluding hydrogens is 256 g/mol. The highest BCUT2D eigenvalue weighted by Crippen LogP contribution is 2.12. The maximum atomic E-state index is 11.9. The monoisotopic (exact) mass is 268 g/mol. The van der Waals surface area contributed by atoms with Crippen LogP contribution in [0.3, 0.4) is 0 Å². The van der Waals surface area contributed by atoms with Gasteiger partial charge in [0.25, 0.3) is 0 Å². The summed E-state index contributed by atoms with van der Waals surface area (Å²) >= 11 is 1.49. The minimum atomic E-state index is -3.43. The quantitative estimate of drug-likeness (QED) is 0.921. The fraction of sp³-hybridized carbons (Fsp3) is 0.182. The molecule has 0 spiro atoms. The van der Waals surface area contributed by atoms with E-state index >= 15 is 0 Å². The molecule has 0 unspecified atom stereocenters. The Hall–Kier alpha value is -1.24. The first kappa shape index (κ1) is 12.2. The largest absolute Gasteiger partial charge is 0.248 e. The van der Waals surface area contributed by atoms with Crippen molar-refractivity contribution in [2.45, 2.75) is 18.4 Å². The average molecular weight is 268 g/mol. The lowest BCUT2D eigenvalue weighted by atomic mass is 10.4. The number of benzene rings is 1. The van der Waals surface area contributed by atoms with Gasteiger partial charge in [-0.1, -0.05) is 18.2 Å². The number of thiazole rings is 1. The van der Waals surface area contributed by atoms with E-state index in [0.717, 1.165) is 9.88 Å². The summed E-state index contributed by atoms with van der Waals surface area (Å²) in [5.74, 6) is 0. The number of aromatic nitrogens is 1. The highest BCUT2D eigenvalue weighted by Gasteiger charge is 2.13. The summed E-state index contributed by atoms with van der Waals surface area (Å²) in [7, 11) is -3.43. The molecule has 1 aromatic heterocycles. The van der Waals surface area contributed by atoms with Crippen LogP contribution in [0.5, 0.6) is 0 Å². The first-order chi connectivity index (χ1) is 8.08. The van der Waals surface area contributed by atoms with Crippen LogP contribution in [0.2, 0.25) is 0 Å². The minimum Gasteiger partial charge on any atom is -0.248 e. The second-order valence-corrected chi connectivity index (χ2v) is 6.59. The molecular formula is C11H12N2O2S2. The van der Waals surface area contributed by atoms with Crippen LogP contribution in [0.1, 0.15) is 9.88 Å². The molecule has 0 aliphatic heterocycles. The Morgan fingerprint density at radius 2 is 2.00 bits per heavy atom. The molecule has 6 heteroatoms. The Morgan fingerprint density at radius 1 is 1.29 bits per heavy atom. The predicted molar refractivity (Wildman–Crippen MR) is 67.3 cm³/mol. The zero-order chi connectivity index (χ0) is 12.3. The highest BCUT2D eigenvalue weighted by atomic mass is 32.2. The number of aryl methyl sites for hydroxylation is 1. The Balaban J connectivity index is 2.09. The molecule has 2 rings (SSSR count). The zero-order valence-corrected chi connectivity index (χ0v) is 10.9. The maximum absolute atomic E-state index is 11.9. The summed E-state index contributed by atoms with van der Waals surface area (Å²) in [5, 5.41) is 0.766. The van der Waals surface area contributed by atoms with Crippen LogP contribution in [0, 0.1) is 6.92 Å². The predicted octanol–water partition coefficient (Wildman–Crippen LogP) is 1.93. The molecule has 0 saturated heterocycles. The fourth-order valence-electron chi connectivity index (χ4n) is 1.32. The number of hydrogen-bond donors (Lipinski definition) is 1. The third-order valence-electron chi connectivity index (χ3n) is 2.14. The van der Waals surface area contributed by atoms with Crippen LogP contribution in [-0.4, -0.2) is 13.4 Å². The van der Waals surface area contributed by atoms with Crippen molar-refractivity contribution in [3.8, 4) is 0 Å². The van der Waals surface area contributed by atoms with Crippen LogP contribution in [0.25, 0.3) is 0 Å². The number of hydrogen-bond acceptors (Lipinski definition) is 4. The van der Waals surface area contributed by atoms with Gasteiger partial charge in [-0.3, -0.25) is 0 Å². The minimum absolute atomic E-state index is 0.232. The van der Waals surface area contributed by atoms with Crippen LogP contribution < -0.4 is 4.72 Å². The van der Waals surface area contributed by atoms with E-state index in [0.29, 0.717) is 0 Å². The van der Waals surface area contributed by atoms with Crippen LogP contribution in [-0.2, 0) is 16.6 Å². The number of rotatable bonds is 4. The van der Waals surface area contributed by atoms with Gasteiger partial charge in [-0.15, -0.1) is 11.3 Å². The van der Waals surface area contributed by atoms with Crippen molar-refractivity contribution < 1.29 is 8.42 Å². The summed E-state index contributed by atoms with van der Waals surface area (Å²) in [6, 6.07) is 8.30. The van der Waals surface area contributed by atoms with Gasteiger partial charge in [-0.25, -0.2) is 18.1 Å². The van der Waals surface area contributed by atoms with E-state index in [9.17, 15) is 8.42 Å². The Labute approximate surface area is 104 Å². The van der Waals surface area contributed by atoms with E-state index in [4.69, 9.17) is 0 Å². The molecule has 4 nitrogen and oxygen atoms in total. The molecule has 2 aromatic rings. The van der Waals surface area contributed by atoms with Gasteiger partial charge in [0, 0.05) is 11.1 Å². The van der Waals surface area contributed by atoms with E-state index in [1.807, 2.05) is 6.92 Å². The first-order valence-corrected chi connectivity index (χ1v) is 7.34. The third kappa shape index (κ3) is 3.12. The van der Waals surface area contributed by atoms with Gasteiger partial charge in [0.05, 0.1) is 11.4 Å². The van der Waals surface area contributed by atoms with Gasteiger partial charge in [-0.2, -0.15) is 0 Å². The third-order valence-corrected chi connectivity index (χ3v) is 4.47. The van der Waals surface area contributed by atoms with Crippen molar-refractivity contribution >= 4 is 21.4 Å². The topological polar surface area (TPSA) is 59.1 Å². The average Bonchev–Trinajstić information content (AvgIpc) is 2.74. The number of nitrogens with zero attached hydrogens (tertiary/aromatic N) is 1. The van der Waals surface area contributed by atoms with Gasteiger partial charge in [0.15, 0.2) is 0 Å². The smallest absolute Gasteiger partial charge is 0.240 e. The zero-order valence-electron chi connectivity index (χ0n) is 9.25.